The quantitative estimate of drug-likeness (QED) is 0.613. The molecule has 1 aliphatic heterocycles. The van der Waals surface area contributed by atoms with E-state index in [0.29, 0.717) is 32.5 Å². The molecule has 0 unspecified atom stereocenters. The van der Waals surface area contributed by atoms with Crippen molar-refractivity contribution >= 4 is 23.6 Å². The van der Waals surface area contributed by atoms with Gasteiger partial charge in [0.1, 0.15) is 0 Å². The van der Waals surface area contributed by atoms with E-state index in [1.807, 2.05) is 6.26 Å². The molecule has 1 heterocycles. The molecule has 6 nitrogen and oxygen atoms in total. The lowest BCUT2D eigenvalue weighted by Crippen LogP contribution is -2.50. The third kappa shape index (κ3) is 4.67. The number of hydrogen-bond acceptors (Lipinski definition) is 5. The molecule has 1 aliphatic rings. The Morgan fingerprint density at radius 2 is 2.11 bits per heavy atom. The van der Waals surface area contributed by atoms with Gasteiger partial charge in [-0.05, 0) is 31.3 Å². The van der Waals surface area contributed by atoms with Crippen molar-refractivity contribution in [2.45, 2.75) is 25.3 Å². The predicted octanol–water partition coefficient (Wildman–Crippen LogP) is 0.0644. The van der Waals surface area contributed by atoms with Gasteiger partial charge in [-0.2, -0.15) is 11.8 Å². The first kappa shape index (κ1) is 16.3. The molecule has 0 aromatic heterocycles. The molecule has 1 rings (SSSR count). The molecule has 0 bridgehead atoms. The van der Waals surface area contributed by atoms with Gasteiger partial charge in [0.2, 0.25) is 5.91 Å². The van der Waals surface area contributed by atoms with Gasteiger partial charge in [-0.15, -0.1) is 0 Å². The van der Waals surface area contributed by atoms with Crippen LogP contribution in [-0.4, -0.2) is 54.8 Å². The molecule has 1 atom stereocenters. The van der Waals surface area contributed by atoms with Crippen LogP contribution >= 0.6 is 11.8 Å². The number of carbonyl (C=O) groups is 2. The highest BCUT2D eigenvalue weighted by molar-refractivity contribution is 7.98. The fraction of sp³-hybridized carbons (Fsp3) is 0.833. The molecule has 0 spiro atoms. The molecule has 0 radical (unpaired) electrons. The number of rotatable bonds is 7. The van der Waals surface area contributed by atoms with Crippen molar-refractivity contribution in [1.29, 1.82) is 0 Å². The van der Waals surface area contributed by atoms with E-state index in [9.17, 15) is 14.7 Å². The second-order valence-electron chi connectivity index (χ2n) is 4.80. The Labute approximate surface area is 117 Å². The normalized spacial score (nSPS) is 19.7. The molecule has 0 aliphatic carbocycles. The Balaban J connectivity index is 2.48. The molecular formula is C12H22N2O4S. The lowest BCUT2D eigenvalue weighted by molar-refractivity contribution is -0.154. The average Bonchev–Trinajstić information content (AvgIpc) is 2.42. The average molecular weight is 290 g/mol. The van der Waals surface area contributed by atoms with E-state index in [1.54, 1.807) is 11.8 Å². The number of nitrogens with two attached hydrogens (primary N) is 1. The summed E-state index contributed by atoms with van der Waals surface area (Å²) in [6.07, 6.45) is 3.38. The zero-order valence-electron chi connectivity index (χ0n) is 11.2. The number of thioether (sulfide) groups is 1. The molecule has 0 aromatic carbocycles. The standard InChI is InChI=1S/C12H22N2O4S/c1-19-7-2-9(13)10(15)14-8-12(11(16)17)3-5-18-6-4-12/h9H,2-8,13H2,1H3,(H,14,15)(H,16,17)/t9-/m1/s1. The van der Waals surface area contributed by atoms with Crippen LogP contribution in [0.5, 0.6) is 0 Å². The van der Waals surface area contributed by atoms with Gasteiger partial charge in [0.25, 0.3) is 0 Å². The molecule has 1 fully saturated rings. The maximum absolute atomic E-state index is 11.8. The molecule has 0 aromatic rings. The molecule has 7 heteroatoms. The highest BCUT2D eigenvalue weighted by Gasteiger charge is 2.40. The number of amides is 1. The van der Waals surface area contributed by atoms with E-state index in [4.69, 9.17) is 10.5 Å². The first-order valence-corrected chi connectivity index (χ1v) is 7.74. The minimum atomic E-state index is -0.910. The summed E-state index contributed by atoms with van der Waals surface area (Å²) < 4.78 is 5.18. The Kier molecular flexibility index (Phi) is 6.60. The molecule has 110 valence electrons. The Morgan fingerprint density at radius 3 is 2.63 bits per heavy atom. The largest absolute Gasteiger partial charge is 0.481 e. The van der Waals surface area contributed by atoms with E-state index < -0.39 is 17.4 Å². The molecule has 19 heavy (non-hydrogen) atoms. The lowest BCUT2D eigenvalue weighted by atomic mass is 9.80. The van der Waals surface area contributed by atoms with Crippen molar-refractivity contribution in [3.05, 3.63) is 0 Å². The van der Waals surface area contributed by atoms with Gasteiger partial charge in [-0.1, -0.05) is 0 Å². The van der Waals surface area contributed by atoms with Crippen LogP contribution in [0.25, 0.3) is 0 Å². The molecule has 0 saturated carbocycles. The molecular weight excluding hydrogens is 268 g/mol. The first-order chi connectivity index (χ1) is 9.02. The third-order valence-electron chi connectivity index (χ3n) is 3.47. The maximum Gasteiger partial charge on any atom is 0.311 e. The number of nitrogens with one attached hydrogen (secondary N) is 1. The Hall–Kier alpha value is -0.790. The highest BCUT2D eigenvalue weighted by Crippen LogP contribution is 2.30. The summed E-state index contributed by atoms with van der Waals surface area (Å²) in [4.78, 5) is 23.2. The zero-order valence-corrected chi connectivity index (χ0v) is 12.0. The van der Waals surface area contributed by atoms with E-state index in [-0.39, 0.29) is 12.5 Å². The van der Waals surface area contributed by atoms with Crippen molar-refractivity contribution < 1.29 is 19.4 Å². The second kappa shape index (κ2) is 7.72. The van der Waals surface area contributed by atoms with Crippen molar-refractivity contribution in [1.82, 2.24) is 5.32 Å². The molecule has 1 amide bonds. The Bertz CT molecular complexity index is 319. The third-order valence-corrected chi connectivity index (χ3v) is 4.12. The van der Waals surface area contributed by atoms with Crippen LogP contribution in [-0.2, 0) is 14.3 Å². The van der Waals surface area contributed by atoms with Crippen LogP contribution in [0.4, 0.5) is 0 Å². The van der Waals surface area contributed by atoms with Crippen LogP contribution < -0.4 is 11.1 Å². The summed E-state index contributed by atoms with van der Waals surface area (Å²) in [5.74, 6) is -0.345. The monoisotopic (exact) mass is 290 g/mol. The summed E-state index contributed by atoms with van der Waals surface area (Å²) >= 11 is 1.63. The number of ether oxygens (including phenoxy) is 1. The number of carboxylic acids is 1. The minimum absolute atomic E-state index is 0.123. The maximum atomic E-state index is 11.8. The van der Waals surface area contributed by atoms with E-state index in [0.717, 1.165) is 5.75 Å². The van der Waals surface area contributed by atoms with E-state index in [2.05, 4.69) is 5.32 Å². The SMILES string of the molecule is CSCC[C@@H](N)C(=O)NCC1(C(=O)O)CCOCC1. The fourth-order valence-electron chi connectivity index (χ4n) is 1.99. The summed E-state index contributed by atoms with van der Waals surface area (Å²) in [5.41, 5.74) is 4.83. The van der Waals surface area contributed by atoms with Crippen LogP contribution in [0.3, 0.4) is 0 Å². The van der Waals surface area contributed by atoms with E-state index >= 15 is 0 Å². The van der Waals surface area contributed by atoms with Gasteiger partial charge in [-0.25, -0.2) is 0 Å². The lowest BCUT2D eigenvalue weighted by Gasteiger charge is -2.33. The van der Waals surface area contributed by atoms with Gasteiger partial charge in [0, 0.05) is 19.8 Å². The smallest absolute Gasteiger partial charge is 0.311 e. The topological polar surface area (TPSA) is 102 Å². The molecule has 1 saturated heterocycles. The summed E-state index contributed by atoms with van der Waals surface area (Å²) in [5, 5.41) is 12.0. The van der Waals surface area contributed by atoms with Crippen LogP contribution in [0.1, 0.15) is 19.3 Å². The highest BCUT2D eigenvalue weighted by atomic mass is 32.2. The summed E-state index contributed by atoms with van der Waals surface area (Å²) in [6, 6.07) is -0.571. The fourth-order valence-corrected chi connectivity index (χ4v) is 2.48. The van der Waals surface area contributed by atoms with Gasteiger partial charge in [-0.3, -0.25) is 9.59 Å². The van der Waals surface area contributed by atoms with Crippen molar-refractivity contribution in [2.24, 2.45) is 11.1 Å². The van der Waals surface area contributed by atoms with E-state index in [1.165, 1.54) is 0 Å². The predicted molar refractivity (Wildman–Crippen MR) is 74.1 cm³/mol. The van der Waals surface area contributed by atoms with Crippen molar-refractivity contribution in [3.63, 3.8) is 0 Å². The number of carbonyl (C=O) groups excluding carboxylic acids is 1. The molecule has 4 N–H and O–H groups in total. The van der Waals surface area contributed by atoms with Crippen LogP contribution in [0.15, 0.2) is 0 Å². The van der Waals surface area contributed by atoms with Crippen LogP contribution in [0, 0.1) is 5.41 Å². The zero-order chi connectivity index (χ0) is 14.3. The number of carboxylic acid groups (broad SMARTS) is 1. The van der Waals surface area contributed by atoms with Crippen molar-refractivity contribution in [3.8, 4) is 0 Å². The van der Waals surface area contributed by atoms with Gasteiger partial charge >= 0.3 is 5.97 Å². The first-order valence-electron chi connectivity index (χ1n) is 6.35. The number of hydrogen-bond donors (Lipinski definition) is 3. The minimum Gasteiger partial charge on any atom is -0.481 e. The second-order valence-corrected chi connectivity index (χ2v) is 5.79. The Morgan fingerprint density at radius 1 is 1.47 bits per heavy atom. The van der Waals surface area contributed by atoms with Gasteiger partial charge in [0.15, 0.2) is 0 Å². The van der Waals surface area contributed by atoms with Crippen molar-refractivity contribution in [2.75, 3.05) is 31.8 Å². The van der Waals surface area contributed by atoms with Gasteiger partial charge in [0.05, 0.1) is 11.5 Å². The van der Waals surface area contributed by atoms with Gasteiger partial charge < -0.3 is 20.9 Å². The summed E-state index contributed by atoms with van der Waals surface area (Å²) in [7, 11) is 0. The summed E-state index contributed by atoms with van der Waals surface area (Å²) in [6.45, 7) is 0.957. The number of aliphatic carboxylic acids is 1. The van der Waals surface area contributed by atoms with Crippen LogP contribution in [0.2, 0.25) is 0 Å².